The van der Waals surface area contributed by atoms with Gasteiger partial charge in [-0.15, -0.1) is 0 Å². The normalized spacial score (nSPS) is 37.2. The predicted octanol–water partition coefficient (Wildman–Crippen LogP) is 2.68. The van der Waals surface area contributed by atoms with Crippen LogP contribution in [0.1, 0.15) is 70.6 Å². The molecule has 0 heterocycles. The van der Waals surface area contributed by atoms with Crippen LogP contribution in [0.5, 0.6) is 0 Å². The van der Waals surface area contributed by atoms with E-state index in [4.69, 9.17) is 0 Å². The minimum atomic E-state index is -4.30. The van der Waals surface area contributed by atoms with Crippen LogP contribution >= 0.6 is 0 Å². The molecule has 0 radical (unpaired) electrons. The van der Waals surface area contributed by atoms with Gasteiger partial charge in [-0.2, -0.15) is 0 Å². The first kappa shape index (κ1) is 19.1. The standard InChI is InChI=1S/C16H27NO6S2/c18-17(19)14-6-9-15(10-7-14)24(20,21)25(22,23)16-8-5-12-3-1-2-4-13(12)11-16/h12-16H,1-11H2. The minimum absolute atomic E-state index is 0.0754. The molecule has 3 atom stereocenters. The Bertz CT molecular complexity index is 709. The van der Waals surface area contributed by atoms with Crippen LogP contribution in [0.15, 0.2) is 0 Å². The van der Waals surface area contributed by atoms with Crippen molar-refractivity contribution in [2.75, 3.05) is 0 Å². The highest BCUT2D eigenvalue weighted by Crippen LogP contribution is 2.44. The Hall–Kier alpha value is -0.700. The van der Waals surface area contributed by atoms with Crippen molar-refractivity contribution in [2.45, 2.75) is 87.2 Å². The Labute approximate surface area is 148 Å². The van der Waals surface area contributed by atoms with E-state index in [-0.39, 0.29) is 30.6 Å². The molecule has 0 aromatic carbocycles. The third-order valence-corrected chi connectivity index (χ3v) is 13.3. The monoisotopic (exact) mass is 393 g/mol. The second-order valence-electron chi connectivity index (χ2n) is 7.94. The molecule has 7 nitrogen and oxygen atoms in total. The van der Waals surface area contributed by atoms with Crippen molar-refractivity contribution in [2.24, 2.45) is 11.8 Å². The number of fused-ring (bicyclic) bond motifs is 1. The van der Waals surface area contributed by atoms with Crippen LogP contribution in [0.25, 0.3) is 0 Å². The number of rotatable bonds is 4. The van der Waals surface area contributed by atoms with E-state index in [1.165, 1.54) is 6.42 Å². The summed E-state index contributed by atoms with van der Waals surface area (Å²) in [5, 5.41) is 9.07. The molecule has 0 aromatic rings. The molecule has 3 aliphatic carbocycles. The van der Waals surface area contributed by atoms with Gasteiger partial charge in [0.2, 0.25) is 6.04 Å². The van der Waals surface area contributed by atoms with Crippen LogP contribution in [0.3, 0.4) is 0 Å². The average molecular weight is 394 g/mol. The number of hydrogen-bond donors (Lipinski definition) is 0. The van der Waals surface area contributed by atoms with Gasteiger partial charge in [0.05, 0.1) is 10.5 Å². The van der Waals surface area contributed by atoms with Crippen LogP contribution in [-0.2, 0) is 17.7 Å². The molecule has 3 rings (SSSR count). The van der Waals surface area contributed by atoms with Crippen molar-refractivity contribution in [3.8, 4) is 0 Å². The average Bonchev–Trinajstić information content (AvgIpc) is 2.61. The van der Waals surface area contributed by atoms with E-state index in [0.29, 0.717) is 24.7 Å². The lowest BCUT2D eigenvalue weighted by Gasteiger charge is -2.39. The fourth-order valence-corrected chi connectivity index (χ4v) is 10.9. The van der Waals surface area contributed by atoms with Gasteiger partial charge in [-0.3, -0.25) is 10.1 Å². The topological polar surface area (TPSA) is 111 Å². The zero-order valence-electron chi connectivity index (χ0n) is 14.4. The molecule has 0 N–H and O–H groups in total. The van der Waals surface area contributed by atoms with Crippen molar-refractivity contribution in [1.82, 2.24) is 0 Å². The van der Waals surface area contributed by atoms with Gasteiger partial charge in [0.25, 0.3) is 17.7 Å². The summed E-state index contributed by atoms with van der Waals surface area (Å²) in [5.41, 5.74) is 0. The molecule has 3 fully saturated rings. The van der Waals surface area contributed by atoms with Crippen LogP contribution in [-0.4, -0.2) is 38.3 Å². The van der Waals surface area contributed by atoms with Crippen LogP contribution in [0, 0.1) is 22.0 Å². The fraction of sp³-hybridized carbons (Fsp3) is 1.00. The Morgan fingerprint density at radius 2 is 1.20 bits per heavy atom. The number of hydrogen-bond acceptors (Lipinski definition) is 6. The van der Waals surface area contributed by atoms with Crippen molar-refractivity contribution >= 4 is 17.7 Å². The van der Waals surface area contributed by atoms with Gasteiger partial charge in [-0.05, 0) is 43.9 Å². The van der Waals surface area contributed by atoms with E-state index in [2.05, 4.69) is 0 Å². The molecule has 3 saturated carbocycles. The van der Waals surface area contributed by atoms with Crippen molar-refractivity contribution in [1.29, 1.82) is 0 Å². The molecule has 144 valence electrons. The highest BCUT2D eigenvalue weighted by Gasteiger charge is 2.48. The van der Waals surface area contributed by atoms with E-state index in [1.54, 1.807) is 0 Å². The summed E-state index contributed by atoms with van der Waals surface area (Å²) in [6, 6.07) is -0.744. The van der Waals surface area contributed by atoms with Crippen LogP contribution < -0.4 is 0 Å². The lowest BCUT2D eigenvalue weighted by Crippen LogP contribution is -2.42. The summed E-state index contributed by atoms with van der Waals surface area (Å²) in [4.78, 5) is 10.4. The second-order valence-corrected chi connectivity index (χ2v) is 14.0. The van der Waals surface area contributed by atoms with Crippen LogP contribution in [0.2, 0.25) is 0 Å². The maximum atomic E-state index is 12.9. The molecule has 3 unspecified atom stereocenters. The first-order valence-corrected chi connectivity index (χ1v) is 13.0. The first-order valence-electron chi connectivity index (χ1n) is 9.34. The smallest absolute Gasteiger partial charge is 0.256 e. The van der Waals surface area contributed by atoms with E-state index in [0.717, 1.165) is 25.7 Å². The Morgan fingerprint density at radius 1 is 0.680 bits per heavy atom. The maximum Gasteiger partial charge on any atom is 0.256 e. The van der Waals surface area contributed by atoms with E-state index in [9.17, 15) is 26.9 Å². The SMILES string of the molecule is O=[N+]([O-])C1CCC(S(=O)(=O)S(=O)(=O)C2CCC3CCCCC3C2)CC1. The molecule has 3 aliphatic rings. The molecule has 9 heteroatoms. The van der Waals surface area contributed by atoms with Gasteiger partial charge < -0.3 is 0 Å². The summed E-state index contributed by atoms with van der Waals surface area (Å²) >= 11 is 0. The highest BCUT2D eigenvalue weighted by molar-refractivity contribution is 8.67. The Morgan fingerprint density at radius 3 is 1.80 bits per heavy atom. The zero-order chi connectivity index (χ0) is 18.2. The molecule has 0 aliphatic heterocycles. The molecule has 25 heavy (non-hydrogen) atoms. The fourth-order valence-electron chi connectivity index (χ4n) is 5.02. The molecule has 0 saturated heterocycles. The molecule has 0 aromatic heterocycles. The lowest BCUT2D eigenvalue weighted by atomic mass is 9.71. The Kier molecular flexibility index (Phi) is 5.44. The van der Waals surface area contributed by atoms with E-state index < -0.39 is 34.3 Å². The van der Waals surface area contributed by atoms with Gasteiger partial charge >= 0.3 is 0 Å². The predicted molar refractivity (Wildman–Crippen MR) is 94.0 cm³/mol. The summed E-state index contributed by atoms with van der Waals surface area (Å²) in [5.74, 6) is 0.890. The molecule has 0 amide bonds. The van der Waals surface area contributed by atoms with E-state index in [1.807, 2.05) is 0 Å². The van der Waals surface area contributed by atoms with Gasteiger partial charge in [0.15, 0.2) is 0 Å². The second kappa shape index (κ2) is 7.13. The third-order valence-electron chi connectivity index (χ3n) is 6.57. The lowest BCUT2D eigenvalue weighted by molar-refractivity contribution is -0.526. The molecular weight excluding hydrogens is 366 g/mol. The third kappa shape index (κ3) is 3.59. The van der Waals surface area contributed by atoms with Crippen molar-refractivity contribution in [3.63, 3.8) is 0 Å². The van der Waals surface area contributed by atoms with Gasteiger partial charge in [-0.1, -0.05) is 25.7 Å². The zero-order valence-corrected chi connectivity index (χ0v) is 16.0. The largest absolute Gasteiger partial charge is 0.264 e. The summed E-state index contributed by atoms with van der Waals surface area (Å²) in [6.07, 6.45) is 6.57. The quantitative estimate of drug-likeness (QED) is 0.412. The minimum Gasteiger partial charge on any atom is -0.264 e. The number of nitro groups is 1. The van der Waals surface area contributed by atoms with Crippen LogP contribution in [0.4, 0.5) is 0 Å². The van der Waals surface area contributed by atoms with E-state index >= 15 is 0 Å². The highest BCUT2D eigenvalue weighted by atomic mass is 33.2. The van der Waals surface area contributed by atoms with Gasteiger partial charge in [-0.25, -0.2) is 16.8 Å². The molecule has 0 bridgehead atoms. The summed E-state index contributed by atoms with van der Waals surface area (Å²) < 4.78 is 51.3. The van der Waals surface area contributed by atoms with Gasteiger partial charge in [0, 0.05) is 17.8 Å². The number of nitrogens with zero attached hydrogens (tertiary/aromatic N) is 1. The summed E-state index contributed by atoms with van der Waals surface area (Å²) in [7, 11) is -8.55. The molecular formula is C16H27NO6S2. The molecule has 0 spiro atoms. The Balaban J connectivity index is 1.71. The van der Waals surface area contributed by atoms with Crippen molar-refractivity contribution < 1.29 is 21.8 Å². The maximum absolute atomic E-state index is 12.9. The van der Waals surface area contributed by atoms with Gasteiger partial charge in [0.1, 0.15) is 0 Å². The summed E-state index contributed by atoms with van der Waals surface area (Å²) in [6.45, 7) is 0. The van der Waals surface area contributed by atoms with Crippen molar-refractivity contribution in [3.05, 3.63) is 10.1 Å². The first-order chi connectivity index (χ1) is 11.7.